The lowest BCUT2D eigenvalue weighted by Gasteiger charge is -2.08. The molecule has 3 aromatic carbocycles. The SMILES string of the molecule is Cc1cccc(COc2ccc(CNCCc3nc4ccccc4[nH]3)cc2)c1. The molecule has 0 unspecified atom stereocenters. The summed E-state index contributed by atoms with van der Waals surface area (Å²) in [5, 5.41) is 3.48. The van der Waals surface area contributed by atoms with E-state index in [1.54, 1.807) is 0 Å². The number of ether oxygens (including phenoxy) is 1. The molecule has 4 aromatic rings. The normalized spacial score (nSPS) is 11.0. The molecule has 2 N–H and O–H groups in total. The Hall–Kier alpha value is -3.11. The molecule has 0 fully saturated rings. The van der Waals surface area contributed by atoms with Crippen molar-refractivity contribution in [2.45, 2.75) is 26.5 Å². The third-order valence-corrected chi connectivity index (χ3v) is 4.72. The highest BCUT2D eigenvalue weighted by Crippen LogP contribution is 2.15. The van der Waals surface area contributed by atoms with E-state index in [0.29, 0.717) is 6.61 Å². The van der Waals surface area contributed by atoms with Crippen molar-refractivity contribution < 1.29 is 4.74 Å². The number of imidazole rings is 1. The van der Waals surface area contributed by atoms with Gasteiger partial charge in [0.1, 0.15) is 18.2 Å². The number of para-hydroxylation sites is 2. The Morgan fingerprint density at radius 1 is 0.929 bits per heavy atom. The third-order valence-electron chi connectivity index (χ3n) is 4.72. The van der Waals surface area contributed by atoms with Gasteiger partial charge in [0.15, 0.2) is 0 Å². The van der Waals surface area contributed by atoms with Gasteiger partial charge in [0.25, 0.3) is 0 Å². The van der Waals surface area contributed by atoms with E-state index in [4.69, 9.17) is 4.74 Å². The molecule has 142 valence electrons. The van der Waals surface area contributed by atoms with Gasteiger partial charge in [0.2, 0.25) is 0 Å². The van der Waals surface area contributed by atoms with Gasteiger partial charge < -0.3 is 15.0 Å². The van der Waals surface area contributed by atoms with Gasteiger partial charge in [-0.2, -0.15) is 0 Å². The van der Waals surface area contributed by atoms with Crippen molar-refractivity contribution in [3.63, 3.8) is 0 Å². The van der Waals surface area contributed by atoms with Crippen LogP contribution in [-0.2, 0) is 19.6 Å². The highest BCUT2D eigenvalue weighted by Gasteiger charge is 2.02. The molecule has 28 heavy (non-hydrogen) atoms. The van der Waals surface area contributed by atoms with Crippen molar-refractivity contribution in [2.24, 2.45) is 0 Å². The Bertz CT molecular complexity index is 1000. The van der Waals surface area contributed by atoms with Gasteiger partial charge in [-0.1, -0.05) is 54.1 Å². The lowest BCUT2D eigenvalue weighted by molar-refractivity contribution is 0.306. The van der Waals surface area contributed by atoms with E-state index < -0.39 is 0 Å². The lowest BCUT2D eigenvalue weighted by Crippen LogP contribution is -2.17. The minimum atomic E-state index is 0.594. The van der Waals surface area contributed by atoms with Crippen LogP contribution in [0.4, 0.5) is 0 Å². The van der Waals surface area contributed by atoms with Crippen LogP contribution >= 0.6 is 0 Å². The standard InChI is InChI=1S/C24H25N3O/c1-18-5-4-6-20(15-18)17-28-21-11-9-19(10-12-21)16-25-14-13-24-26-22-7-2-3-8-23(22)27-24/h2-12,15,25H,13-14,16-17H2,1H3,(H,26,27). The Kier molecular flexibility index (Phi) is 5.69. The predicted molar refractivity (Wildman–Crippen MR) is 113 cm³/mol. The fourth-order valence-corrected chi connectivity index (χ4v) is 3.24. The molecule has 1 aromatic heterocycles. The van der Waals surface area contributed by atoms with E-state index in [2.05, 4.69) is 64.7 Å². The van der Waals surface area contributed by atoms with E-state index in [0.717, 1.165) is 42.1 Å². The average molecular weight is 371 g/mol. The quantitative estimate of drug-likeness (QED) is 0.438. The molecule has 4 heteroatoms. The molecular formula is C24H25N3O. The first-order valence-electron chi connectivity index (χ1n) is 9.68. The fraction of sp³-hybridized carbons (Fsp3) is 0.208. The van der Waals surface area contributed by atoms with Gasteiger partial charge in [0, 0.05) is 19.5 Å². The fourth-order valence-electron chi connectivity index (χ4n) is 3.24. The maximum atomic E-state index is 5.88. The second kappa shape index (κ2) is 8.72. The smallest absolute Gasteiger partial charge is 0.119 e. The first-order chi connectivity index (χ1) is 13.8. The van der Waals surface area contributed by atoms with Crippen molar-refractivity contribution in [3.05, 3.63) is 95.3 Å². The van der Waals surface area contributed by atoms with Gasteiger partial charge in [0.05, 0.1) is 11.0 Å². The van der Waals surface area contributed by atoms with Crippen molar-refractivity contribution in [3.8, 4) is 5.75 Å². The van der Waals surface area contributed by atoms with Crippen molar-refractivity contribution in [2.75, 3.05) is 6.54 Å². The molecule has 4 nitrogen and oxygen atoms in total. The Morgan fingerprint density at radius 2 is 1.79 bits per heavy atom. The number of H-pyrrole nitrogens is 1. The molecule has 0 radical (unpaired) electrons. The number of hydrogen-bond acceptors (Lipinski definition) is 3. The molecule has 0 amide bonds. The molecule has 0 atom stereocenters. The third kappa shape index (κ3) is 4.78. The molecular weight excluding hydrogens is 346 g/mol. The van der Waals surface area contributed by atoms with Crippen LogP contribution in [0.5, 0.6) is 5.75 Å². The molecule has 0 bridgehead atoms. The maximum absolute atomic E-state index is 5.88. The molecule has 0 aliphatic heterocycles. The van der Waals surface area contributed by atoms with E-state index in [1.165, 1.54) is 16.7 Å². The first-order valence-corrected chi connectivity index (χ1v) is 9.68. The van der Waals surface area contributed by atoms with Gasteiger partial charge in [-0.3, -0.25) is 0 Å². The minimum Gasteiger partial charge on any atom is -0.489 e. The number of nitrogens with zero attached hydrogens (tertiary/aromatic N) is 1. The number of hydrogen-bond donors (Lipinski definition) is 2. The Morgan fingerprint density at radius 3 is 2.61 bits per heavy atom. The largest absolute Gasteiger partial charge is 0.489 e. The topological polar surface area (TPSA) is 49.9 Å². The van der Waals surface area contributed by atoms with Crippen LogP contribution in [0.2, 0.25) is 0 Å². The van der Waals surface area contributed by atoms with Crippen LogP contribution < -0.4 is 10.1 Å². The van der Waals surface area contributed by atoms with E-state index >= 15 is 0 Å². The molecule has 0 spiro atoms. The number of fused-ring (bicyclic) bond motifs is 1. The number of aromatic nitrogens is 2. The number of benzene rings is 3. The van der Waals surface area contributed by atoms with Crippen molar-refractivity contribution in [1.29, 1.82) is 0 Å². The van der Waals surface area contributed by atoms with Crippen molar-refractivity contribution in [1.82, 2.24) is 15.3 Å². The predicted octanol–water partition coefficient (Wildman–Crippen LogP) is 4.78. The molecule has 1 heterocycles. The number of aryl methyl sites for hydroxylation is 1. The number of aromatic amines is 1. The van der Waals surface area contributed by atoms with Crippen LogP contribution in [-0.4, -0.2) is 16.5 Å². The van der Waals surface area contributed by atoms with Gasteiger partial charge in [-0.15, -0.1) is 0 Å². The maximum Gasteiger partial charge on any atom is 0.119 e. The summed E-state index contributed by atoms with van der Waals surface area (Å²) in [4.78, 5) is 7.97. The van der Waals surface area contributed by atoms with E-state index in [9.17, 15) is 0 Å². The van der Waals surface area contributed by atoms with Crippen LogP contribution in [0.1, 0.15) is 22.5 Å². The number of nitrogens with one attached hydrogen (secondary N) is 2. The van der Waals surface area contributed by atoms with Crippen LogP contribution in [0.25, 0.3) is 11.0 Å². The summed E-state index contributed by atoms with van der Waals surface area (Å²) in [6.07, 6.45) is 0.881. The molecule has 0 saturated heterocycles. The highest BCUT2D eigenvalue weighted by molar-refractivity contribution is 5.74. The second-order valence-electron chi connectivity index (χ2n) is 7.05. The van der Waals surface area contributed by atoms with Gasteiger partial charge in [-0.05, 0) is 42.3 Å². The summed E-state index contributed by atoms with van der Waals surface area (Å²) in [5.74, 6) is 1.92. The van der Waals surface area contributed by atoms with Crippen LogP contribution in [0.3, 0.4) is 0 Å². The highest BCUT2D eigenvalue weighted by atomic mass is 16.5. The molecule has 0 saturated carbocycles. The van der Waals surface area contributed by atoms with E-state index in [1.807, 2.05) is 30.3 Å². The van der Waals surface area contributed by atoms with Crippen molar-refractivity contribution >= 4 is 11.0 Å². The van der Waals surface area contributed by atoms with Crippen LogP contribution in [0, 0.1) is 6.92 Å². The number of rotatable bonds is 8. The first kappa shape index (κ1) is 18.3. The summed E-state index contributed by atoms with van der Waals surface area (Å²) in [6.45, 7) is 4.40. The van der Waals surface area contributed by atoms with E-state index in [-0.39, 0.29) is 0 Å². The summed E-state index contributed by atoms with van der Waals surface area (Å²) >= 11 is 0. The summed E-state index contributed by atoms with van der Waals surface area (Å²) in [5.41, 5.74) is 5.81. The summed E-state index contributed by atoms with van der Waals surface area (Å²) < 4.78 is 5.88. The second-order valence-corrected chi connectivity index (χ2v) is 7.05. The summed E-state index contributed by atoms with van der Waals surface area (Å²) in [6, 6.07) is 24.8. The lowest BCUT2D eigenvalue weighted by atomic mass is 10.1. The average Bonchev–Trinajstić information content (AvgIpc) is 3.13. The summed E-state index contributed by atoms with van der Waals surface area (Å²) in [7, 11) is 0. The monoisotopic (exact) mass is 371 g/mol. The zero-order chi connectivity index (χ0) is 19.2. The Labute approximate surface area is 165 Å². The zero-order valence-corrected chi connectivity index (χ0v) is 16.1. The molecule has 0 aliphatic rings. The van der Waals surface area contributed by atoms with Crippen LogP contribution in [0.15, 0.2) is 72.8 Å². The Balaban J connectivity index is 1.22. The molecule has 0 aliphatic carbocycles. The molecule has 4 rings (SSSR count). The minimum absolute atomic E-state index is 0.594. The van der Waals surface area contributed by atoms with Gasteiger partial charge in [-0.25, -0.2) is 4.98 Å². The van der Waals surface area contributed by atoms with Gasteiger partial charge >= 0.3 is 0 Å². The zero-order valence-electron chi connectivity index (χ0n) is 16.1.